The zero-order valence-electron chi connectivity index (χ0n) is 6.97. The van der Waals surface area contributed by atoms with E-state index in [1.54, 1.807) is 12.3 Å². The second kappa shape index (κ2) is 2.52. The van der Waals surface area contributed by atoms with E-state index in [4.69, 9.17) is 0 Å². The third-order valence-corrected chi connectivity index (χ3v) is 2.18. The molecule has 2 rings (SSSR count). The van der Waals surface area contributed by atoms with Crippen molar-refractivity contribution >= 4 is 0 Å². The Morgan fingerprint density at radius 2 is 2.25 bits per heavy atom. The van der Waals surface area contributed by atoms with Gasteiger partial charge in [-0.2, -0.15) is 0 Å². The van der Waals surface area contributed by atoms with Crippen LogP contribution in [0.25, 0.3) is 0 Å². The van der Waals surface area contributed by atoms with Gasteiger partial charge in [0.1, 0.15) is 0 Å². The molecule has 1 fully saturated rings. The summed E-state index contributed by atoms with van der Waals surface area (Å²) < 4.78 is 13.6. The number of alkyl halides is 1. The van der Waals surface area contributed by atoms with E-state index in [-0.39, 0.29) is 0 Å². The van der Waals surface area contributed by atoms with Crippen LogP contribution >= 0.6 is 0 Å². The maximum absolute atomic E-state index is 13.6. The molecule has 0 spiro atoms. The van der Waals surface area contributed by atoms with Crippen LogP contribution in [0.3, 0.4) is 0 Å². The normalized spacial score (nSPS) is 20.2. The molecule has 0 saturated carbocycles. The van der Waals surface area contributed by atoms with Crippen molar-refractivity contribution in [3.63, 3.8) is 0 Å². The molecule has 2 nitrogen and oxygen atoms in total. The lowest BCUT2D eigenvalue weighted by atomic mass is 9.94. The monoisotopic (exact) mass is 166 g/mol. The van der Waals surface area contributed by atoms with E-state index < -0.39 is 5.67 Å². The fourth-order valence-corrected chi connectivity index (χ4v) is 1.26. The molecule has 3 heteroatoms. The number of pyridine rings is 1. The van der Waals surface area contributed by atoms with Crippen LogP contribution in [0.4, 0.5) is 4.39 Å². The largest absolute Gasteiger partial charge is 0.309 e. The van der Waals surface area contributed by atoms with E-state index >= 15 is 0 Å². The molecule has 0 aliphatic carbocycles. The summed E-state index contributed by atoms with van der Waals surface area (Å²) in [7, 11) is 0. The quantitative estimate of drug-likeness (QED) is 0.677. The average Bonchev–Trinajstić information content (AvgIpc) is 2.02. The third kappa shape index (κ3) is 1.10. The van der Waals surface area contributed by atoms with Crippen molar-refractivity contribution in [3.05, 3.63) is 29.6 Å². The maximum Gasteiger partial charge on any atom is 0.177 e. The molecule has 0 bridgehead atoms. The molecule has 0 amide bonds. The number of hydrogen-bond acceptors (Lipinski definition) is 2. The van der Waals surface area contributed by atoms with Gasteiger partial charge in [0, 0.05) is 19.3 Å². The molecular weight excluding hydrogens is 155 g/mol. The Bertz CT molecular complexity index is 277. The second-order valence-corrected chi connectivity index (χ2v) is 3.29. The average molecular weight is 166 g/mol. The summed E-state index contributed by atoms with van der Waals surface area (Å²) in [5, 5.41) is 2.90. The molecule has 1 aliphatic heterocycles. The van der Waals surface area contributed by atoms with E-state index in [1.807, 2.05) is 13.0 Å². The summed E-state index contributed by atoms with van der Waals surface area (Å²) in [4.78, 5) is 4.06. The van der Waals surface area contributed by atoms with Gasteiger partial charge >= 0.3 is 0 Å². The maximum atomic E-state index is 13.6. The van der Waals surface area contributed by atoms with Crippen LogP contribution in [0.1, 0.15) is 11.3 Å². The predicted octanol–water partition coefficient (Wildman–Crippen LogP) is 1.16. The first kappa shape index (κ1) is 7.68. The zero-order chi connectivity index (χ0) is 8.60. The number of aryl methyl sites for hydroxylation is 1. The first-order valence-corrected chi connectivity index (χ1v) is 4.03. The third-order valence-electron chi connectivity index (χ3n) is 2.18. The molecule has 1 saturated heterocycles. The van der Waals surface area contributed by atoms with Gasteiger partial charge in [0.05, 0.1) is 5.69 Å². The van der Waals surface area contributed by atoms with Crippen LogP contribution in [-0.4, -0.2) is 18.1 Å². The topological polar surface area (TPSA) is 24.9 Å². The van der Waals surface area contributed by atoms with Crippen LogP contribution in [0, 0.1) is 6.92 Å². The van der Waals surface area contributed by atoms with Gasteiger partial charge in [-0.25, -0.2) is 4.39 Å². The van der Waals surface area contributed by atoms with E-state index in [2.05, 4.69) is 10.3 Å². The van der Waals surface area contributed by atoms with Crippen molar-refractivity contribution in [3.8, 4) is 0 Å². The number of hydrogen-bond donors (Lipinski definition) is 1. The van der Waals surface area contributed by atoms with Gasteiger partial charge < -0.3 is 5.32 Å². The first-order chi connectivity index (χ1) is 5.71. The van der Waals surface area contributed by atoms with Crippen molar-refractivity contribution in [2.75, 3.05) is 13.1 Å². The molecule has 1 aromatic heterocycles. The highest BCUT2D eigenvalue weighted by atomic mass is 19.1. The zero-order valence-corrected chi connectivity index (χ0v) is 6.97. The minimum atomic E-state index is -1.21. The van der Waals surface area contributed by atoms with Crippen molar-refractivity contribution in [1.29, 1.82) is 0 Å². The Balaban J connectivity index is 2.28. The Morgan fingerprint density at radius 3 is 2.67 bits per heavy atom. The van der Waals surface area contributed by atoms with Crippen molar-refractivity contribution in [2.45, 2.75) is 12.6 Å². The van der Waals surface area contributed by atoms with Gasteiger partial charge in [0.25, 0.3) is 0 Å². The number of nitrogens with one attached hydrogen (secondary N) is 1. The smallest absolute Gasteiger partial charge is 0.177 e. The van der Waals surface area contributed by atoms with Gasteiger partial charge in [-0.3, -0.25) is 4.98 Å². The Hall–Kier alpha value is -0.960. The summed E-state index contributed by atoms with van der Waals surface area (Å²) in [6, 6.07) is 3.65. The van der Waals surface area contributed by atoms with E-state index in [1.165, 1.54) is 0 Å². The minimum absolute atomic E-state index is 0.392. The molecule has 0 aromatic carbocycles. The Labute approximate surface area is 70.8 Å². The number of rotatable bonds is 1. The molecule has 0 atom stereocenters. The molecular formula is C9H11FN2. The van der Waals surface area contributed by atoms with Gasteiger partial charge in [-0.15, -0.1) is 0 Å². The lowest BCUT2D eigenvalue weighted by Crippen LogP contribution is -2.54. The number of nitrogens with zero attached hydrogens (tertiary/aromatic N) is 1. The summed E-state index contributed by atoms with van der Waals surface area (Å²) in [5.41, 5.74) is 0.398. The van der Waals surface area contributed by atoms with Crippen LogP contribution in [0.15, 0.2) is 18.3 Å². The fraction of sp³-hybridized carbons (Fsp3) is 0.444. The summed E-state index contributed by atoms with van der Waals surface area (Å²) in [6.07, 6.45) is 1.70. The van der Waals surface area contributed by atoms with Crippen LogP contribution in [0.2, 0.25) is 0 Å². The summed E-state index contributed by atoms with van der Waals surface area (Å²) in [6.45, 7) is 2.73. The Morgan fingerprint density at radius 1 is 1.50 bits per heavy atom. The minimum Gasteiger partial charge on any atom is -0.309 e. The lowest BCUT2D eigenvalue weighted by Gasteiger charge is -2.34. The Kier molecular flexibility index (Phi) is 1.61. The SMILES string of the molecule is Cc1ccc(C2(F)CNC2)nc1. The molecule has 1 aliphatic rings. The van der Waals surface area contributed by atoms with Gasteiger partial charge in [0.15, 0.2) is 5.67 Å². The highest BCUT2D eigenvalue weighted by Gasteiger charge is 2.39. The van der Waals surface area contributed by atoms with E-state index in [0.29, 0.717) is 18.8 Å². The standard InChI is InChI=1S/C9H11FN2/c1-7-2-3-8(12-4-7)9(10)5-11-6-9/h2-4,11H,5-6H2,1H3. The van der Waals surface area contributed by atoms with Crippen molar-refractivity contribution in [1.82, 2.24) is 10.3 Å². The van der Waals surface area contributed by atoms with Gasteiger partial charge in [-0.05, 0) is 18.6 Å². The van der Waals surface area contributed by atoms with Gasteiger partial charge in [-0.1, -0.05) is 6.07 Å². The van der Waals surface area contributed by atoms with Crippen LogP contribution < -0.4 is 5.32 Å². The summed E-state index contributed by atoms with van der Waals surface area (Å²) >= 11 is 0. The van der Waals surface area contributed by atoms with Gasteiger partial charge in [0.2, 0.25) is 0 Å². The fourth-order valence-electron chi connectivity index (χ4n) is 1.26. The summed E-state index contributed by atoms with van der Waals surface area (Å²) in [5.74, 6) is 0. The van der Waals surface area contributed by atoms with E-state index in [9.17, 15) is 4.39 Å². The molecule has 2 heterocycles. The molecule has 64 valence electrons. The highest BCUT2D eigenvalue weighted by molar-refractivity contribution is 5.21. The second-order valence-electron chi connectivity index (χ2n) is 3.29. The molecule has 0 unspecified atom stereocenters. The van der Waals surface area contributed by atoms with Crippen LogP contribution in [-0.2, 0) is 5.67 Å². The number of halogens is 1. The molecule has 12 heavy (non-hydrogen) atoms. The van der Waals surface area contributed by atoms with Crippen molar-refractivity contribution in [2.24, 2.45) is 0 Å². The molecule has 0 radical (unpaired) electrons. The molecule has 1 N–H and O–H groups in total. The van der Waals surface area contributed by atoms with E-state index in [0.717, 1.165) is 5.56 Å². The van der Waals surface area contributed by atoms with Crippen LogP contribution in [0.5, 0.6) is 0 Å². The lowest BCUT2D eigenvalue weighted by molar-refractivity contribution is 0.0840. The highest BCUT2D eigenvalue weighted by Crippen LogP contribution is 2.27. The molecule has 1 aromatic rings. The predicted molar refractivity (Wildman–Crippen MR) is 44.6 cm³/mol. The first-order valence-electron chi connectivity index (χ1n) is 4.03. The van der Waals surface area contributed by atoms with Crippen molar-refractivity contribution < 1.29 is 4.39 Å². The number of aromatic nitrogens is 1.